The summed E-state index contributed by atoms with van der Waals surface area (Å²) in [5.41, 5.74) is 7.01. The first-order valence-electron chi connectivity index (χ1n) is 10.7. The highest BCUT2D eigenvalue weighted by Crippen LogP contribution is 2.23. The summed E-state index contributed by atoms with van der Waals surface area (Å²) in [5, 5.41) is 5.46. The molecule has 2 aliphatic heterocycles. The maximum absolute atomic E-state index is 12.9. The van der Waals surface area contributed by atoms with Crippen LogP contribution in [0.4, 0.5) is 4.79 Å². The molecule has 1 unspecified atom stereocenters. The highest BCUT2D eigenvalue weighted by atomic mass is 16.2. The summed E-state index contributed by atoms with van der Waals surface area (Å²) < 4.78 is 0. The Morgan fingerprint density at radius 3 is 2.31 bits per heavy atom. The lowest BCUT2D eigenvalue weighted by Crippen LogP contribution is -2.48. The first-order valence-corrected chi connectivity index (χ1v) is 10.7. The van der Waals surface area contributed by atoms with E-state index in [1.165, 1.54) is 5.39 Å². The van der Waals surface area contributed by atoms with Gasteiger partial charge < -0.3 is 20.9 Å². The molecule has 2 aromatic carbocycles. The van der Waals surface area contributed by atoms with Crippen LogP contribution in [-0.4, -0.2) is 54.5 Å². The van der Waals surface area contributed by atoms with Crippen LogP contribution < -0.4 is 11.1 Å². The number of urea groups is 1. The van der Waals surface area contributed by atoms with Gasteiger partial charge in [0, 0.05) is 38.6 Å². The topological polar surface area (TPSA) is 78.7 Å². The first kappa shape index (κ1) is 19.7. The number of amides is 3. The smallest absolute Gasteiger partial charge is 0.319 e. The van der Waals surface area contributed by atoms with Crippen molar-refractivity contribution < 1.29 is 9.59 Å². The van der Waals surface area contributed by atoms with Crippen LogP contribution in [0, 0.1) is 5.92 Å². The molecule has 0 radical (unpaired) electrons. The number of nitrogens with two attached hydrogens (primary N) is 1. The number of benzene rings is 2. The van der Waals surface area contributed by atoms with Gasteiger partial charge in [0.2, 0.25) is 5.91 Å². The van der Waals surface area contributed by atoms with Crippen molar-refractivity contribution in [1.82, 2.24) is 15.1 Å². The Hall–Kier alpha value is -2.60. The van der Waals surface area contributed by atoms with E-state index in [1.54, 1.807) is 0 Å². The number of hydrogen-bond donors (Lipinski definition) is 2. The third-order valence-corrected chi connectivity index (χ3v) is 6.24. The average molecular weight is 395 g/mol. The molecule has 3 amide bonds. The number of fused-ring (bicyclic) bond motifs is 1. The number of piperidine rings is 1. The predicted molar refractivity (Wildman–Crippen MR) is 114 cm³/mol. The van der Waals surface area contributed by atoms with E-state index in [1.807, 2.05) is 28.0 Å². The zero-order valence-corrected chi connectivity index (χ0v) is 16.8. The van der Waals surface area contributed by atoms with Gasteiger partial charge in [-0.1, -0.05) is 36.4 Å². The minimum absolute atomic E-state index is 0.0434. The number of carbonyl (C=O) groups excluding carboxylic acids is 2. The van der Waals surface area contributed by atoms with E-state index in [0.29, 0.717) is 32.5 Å². The molecule has 6 nitrogen and oxygen atoms in total. The quantitative estimate of drug-likeness (QED) is 0.837. The van der Waals surface area contributed by atoms with Crippen molar-refractivity contribution in [3.8, 4) is 0 Å². The molecule has 0 saturated carbocycles. The molecular weight excluding hydrogens is 364 g/mol. The summed E-state index contributed by atoms with van der Waals surface area (Å²) >= 11 is 0. The van der Waals surface area contributed by atoms with Gasteiger partial charge in [-0.15, -0.1) is 0 Å². The van der Waals surface area contributed by atoms with Crippen molar-refractivity contribution in [2.75, 3.05) is 32.7 Å². The highest BCUT2D eigenvalue weighted by molar-refractivity contribution is 5.84. The third kappa shape index (κ3) is 4.37. The molecule has 4 rings (SSSR count). The Morgan fingerprint density at radius 2 is 1.62 bits per heavy atom. The second kappa shape index (κ2) is 8.82. The standard InChI is InChI=1S/C23H30N4O2/c24-16-21(20-8-7-17-5-1-2-6-19(17)15-20)25-22(28)18-9-13-27(14-10-18)23(29)26-11-3-4-12-26/h1-2,5-8,15,18,21H,3-4,9-14,16,24H2,(H,25,28). The predicted octanol–water partition coefficient (Wildman–Crippen LogP) is 2.88. The van der Waals surface area contributed by atoms with Gasteiger partial charge in [-0.2, -0.15) is 0 Å². The largest absolute Gasteiger partial charge is 0.348 e. The number of nitrogens with one attached hydrogen (secondary N) is 1. The first-order chi connectivity index (χ1) is 14.2. The fourth-order valence-electron chi connectivity index (χ4n) is 4.43. The van der Waals surface area contributed by atoms with Crippen molar-refractivity contribution in [2.24, 2.45) is 11.7 Å². The maximum Gasteiger partial charge on any atom is 0.319 e. The number of carbonyl (C=O) groups is 2. The molecule has 0 bridgehead atoms. The Labute approximate surface area is 172 Å². The molecule has 2 aliphatic rings. The number of hydrogen-bond acceptors (Lipinski definition) is 3. The zero-order valence-electron chi connectivity index (χ0n) is 16.8. The Balaban J connectivity index is 1.34. The van der Waals surface area contributed by atoms with Crippen molar-refractivity contribution in [2.45, 2.75) is 31.7 Å². The fourth-order valence-corrected chi connectivity index (χ4v) is 4.43. The number of likely N-dealkylation sites (tertiary alicyclic amines) is 2. The second-order valence-electron chi connectivity index (χ2n) is 8.14. The summed E-state index contributed by atoms with van der Waals surface area (Å²) in [5.74, 6) is -0.0194. The molecule has 0 spiro atoms. The van der Waals surface area contributed by atoms with Gasteiger partial charge in [0.25, 0.3) is 0 Å². The molecule has 2 aromatic rings. The van der Waals surface area contributed by atoms with Gasteiger partial charge in [0.15, 0.2) is 0 Å². The molecule has 154 valence electrons. The van der Waals surface area contributed by atoms with Gasteiger partial charge in [0.05, 0.1) is 6.04 Å². The van der Waals surface area contributed by atoms with Gasteiger partial charge >= 0.3 is 6.03 Å². The Kier molecular flexibility index (Phi) is 6.00. The van der Waals surface area contributed by atoms with Crippen molar-refractivity contribution in [3.63, 3.8) is 0 Å². The summed E-state index contributed by atoms with van der Waals surface area (Å²) in [7, 11) is 0. The van der Waals surface area contributed by atoms with Crippen LogP contribution in [0.25, 0.3) is 10.8 Å². The van der Waals surface area contributed by atoms with Crippen LogP contribution in [0.1, 0.15) is 37.3 Å². The molecule has 29 heavy (non-hydrogen) atoms. The molecule has 3 N–H and O–H groups in total. The SMILES string of the molecule is NCC(NC(=O)C1CCN(C(=O)N2CCCC2)CC1)c1ccc2ccccc2c1. The van der Waals surface area contributed by atoms with E-state index in [4.69, 9.17) is 5.73 Å². The van der Waals surface area contributed by atoms with E-state index in [2.05, 4.69) is 29.6 Å². The fraction of sp³-hybridized carbons (Fsp3) is 0.478. The van der Waals surface area contributed by atoms with Gasteiger partial charge in [-0.05, 0) is 48.1 Å². The van der Waals surface area contributed by atoms with Crippen LogP contribution >= 0.6 is 0 Å². The Bertz CT molecular complexity index is 870. The number of rotatable bonds is 4. The molecule has 0 aliphatic carbocycles. The van der Waals surface area contributed by atoms with Gasteiger partial charge in [-0.3, -0.25) is 4.79 Å². The van der Waals surface area contributed by atoms with Crippen LogP contribution in [-0.2, 0) is 4.79 Å². The van der Waals surface area contributed by atoms with Crippen LogP contribution in [0.3, 0.4) is 0 Å². The monoisotopic (exact) mass is 394 g/mol. The average Bonchev–Trinajstić information content (AvgIpc) is 3.31. The van der Waals surface area contributed by atoms with Crippen LogP contribution in [0.15, 0.2) is 42.5 Å². The number of nitrogens with zero attached hydrogens (tertiary/aromatic N) is 2. The lowest BCUT2D eigenvalue weighted by Gasteiger charge is -2.34. The van der Waals surface area contributed by atoms with Crippen molar-refractivity contribution >= 4 is 22.7 Å². The molecule has 1 atom stereocenters. The highest BCUT2D eigenvalue weighted by Gasteiger charge is 2.31. The Morgan fingerprint density at radius 1 is 0.966 bits per heavy atom. The zero-order chi connectivity index (χ0) is 20.2. The molecule has 2 saturated heterocycles. The minimum Gasteiger partial charge on any atom is -0.348 e. The maximum atomic E-state index is 12.9. The van der Waals surface area contributed by atoms with E-state index < -0.39 is 0 Å². The summed E-state index contributed by atoms with van der Waals surface area (Å²) in [4.78, 5) is 29.2. The third-order valence-electron chi connectivity index (χ3n) is 6.24. The molecule has 0 aromatic heterocycles. The van der Waals surface area contributed by atoms with E-state index >= 15 is 0 Å². The van der Waals surface area contributed by atoms with Crippen LogP contribution in [0.5, 0.6) is 0 Å². The van der Waals surface area contributed by atoms with Crippen molar-refractivity contribution in [3.05, 3.63) is 48.0 Å². The van der Waals surface area contributed by atoms with Gasteiger partial charge in [-0.25, -0.2) is 4.79 Å². The van der Waals surface area contributed by atoms with E-state index in [9.17, 15) is 9.59 Å². The summed E-state index contributed by atoms with van der Waals surface area (Å²) in [6.45, 7) is 3.39. The minimum atomic E-state index is -0.198. The van der Waals surface area contributed by atoms with Crippen molar-refractivity contribution in [1.29, 1.82) is 0 Å². The van der Waals surface area contributed by atoms with Crippen LogP contribution in [0.2, 0.25) is 0 Å². The lowest BCUT2D eigenvalue weighted by molar-refractivity contribution is -0.127. The molecule has 6 heteroatoms. The summed E-state index contributed by atoms with van der Waals surface area (Å²) in [6, 6.07) is 14.3. The molecule has 2 fully saturated rings. The second-order valence-corrected chi connectivity index (χ2v) is 8.14. The molecular formula is C23H30N4O2. The molecule has 2 heterocycles. The van der Waals surface area contributed by atoms with E-state index in [0.717, 1.165) is 36.9 Å². The van der Waals surface area contributed by atoms with Gasteiger partial charge in [0.1, 0.15) is 0 Å². The normalized spacial score (nSPS) is 18.8. The lowest BCUT2D eigenvalue weighted by atomic mass is 9.94. The summed E-state index contributed by atoms with van der Waals surface area (Å²) in [6.07, 6.45) is 3.61. The van der Waals surface area contributed by atoms with E-state index in [-0.39, 0.29) is 23.9 Å².